The van der Waals surface area contributed by atoms with Crippen LogP contribution < -0.4 is 10.1 Å². The smallest absolute Gasteiger partial charge is 0.165 e. The molecule has 0 fully saturated rings. The van der Waals surface area contributed by atoms with Crippen LogP contribution in [0, 0.1) is 5.82 Å². The predicted octanol–water partition coefficient (Wildman–Crippen LogP) is 4.45. The van der Waals surface area contributed by atoms with Gasteiger partial charge in [-0.2, -0.15) is 0 Å². The third-order valence-electron chi connectivity index (χ3n) is 3.49. The number of hydrogen-bond acceptors (Lipinski definition) is 2. The maximum atomic E-state index is 13.6. The lowest BCUT2D eigenvalue weighted by Crippen LogP contribution is -2.31. The molecule has 1 rings (SSSR count). The third kappa shape index (κ3) is 4.50. The van der Waals surface area contributed by atoms with Crippen LogP contribution in [0.5, 0.6) is 5.75 Å². The van der Waals surface area contributed by atoms with E-state index in [1.807, 2.05) is 19.1 Å². The molecule has 2 nitrogen and oxygen atoms in total. The normalized spacial score (nSPS) is 12.7. The first-order valence-electron chi connectivity index (χ1n) is 7.34. The molecule has 0 radical (unpaired) electrons. The van der Waals surface area contributed by atoms with Gasteiger partial charge in [0.05, 0.1) is 6.61 Å². The van der Waals surface area contributed by atoms with Crippen LogP contribution in [0.4, 0.5) is 4.39 Å². The van der Waals surface area contributed by atoms with E-state index >= 15 is 0 Å². The molecule has 19 heavy (non-hydrogen) atoms. The first-order chi connectivity index (χ1) is 9.15. The van der Waals surface area contributed by atoms with Crippen molar-refractivity contribution >= 4 is 0 Å². The van der Waals surface area contributed by atoms with Gasteiger partial charge in [-0.25, -0.2) is 4.39 Å². The molecule has 0 saturated heterocycles. The SMILES string of the molecule is CCOc1cc(C(CC)NC(CC)CC)ccc1F. The zero-order valence-electron chi connectivity index (χ0n) is 12.5. The quantitative estimate of drug-likeness (QED) is 0.751. The average molecular weight is 267 g/mol. The molecule has 0 saturated carbocycles. The van der Waals surface area contributed by atoms with Crippen molar-refractivity contribution in [1.29, 1.82) is 0 Å². The van der Waals surface area contributed by atoms with Crippen LogP contribution >= 0.6 is 0 Å². The van der Waals surface area contributed by atoms with Crippen LogP contribution in [-0.2, 0) is 0 Å². The van der Waals surface area contributed by atoms with Crippen LogP contribution in [0.3, 0.4) is 0 Å². The Labute approximate surface area is 116 Å². The van der Waals surface area contributed by atoms with E-state index in [9.17, 15) is 4.39 Å². The first-order valence-corrected chi connectivity index (χ1v) is 7.34. The second-order valence-corrected chi connectivity index (χ2v) is 4.76. The molecule has 1 atom stereocenters. The van der Waals surface area contributed by atoms with Crippen molar-refractivity contribution in [2.45, 2.75) is 59.0 Å². The number of nitrogens with one attached hydrogen (secondary N) is 1. The molecular weight excluding hydrogens is 241 g/mol. The minimum Gasteiger partial charge on any atom is -0.491 e. The highest BCUT2D eigenvalue weighted by molar-refractivity contribution is 5.32. The number of hydrogen-bond donors (Lipinski definition) is 1. The Morgan fingerprint density at radius 3 is 2.32 bits per heavy atom. The van der Waals surface area contributed by atoms with Crippen molar-refractivity contribution in [3.63, 3.8) is 0 Å². The molecule has 0 spiro atoms. The second kappa shape index (κ2) is 8.16. The Balaban J connectivity index is 2.88. The van der Waals surface area contributed by atoms with E-state index in [2.05, 4.69) is 26.1 Å². The fourth-order valence-corrected chi connectivity index (χ4v) is 2.26. The largest absolute Gasteiger partial charge is 0.491 e. The molecule has 0 aliphatic heterocycles. The molecule has 0 heterocycles. The second-order valence-electron chi connectivity index (χ2n) is 4.76. The van der Waals surface area contributed by atoms with Gasteiger partial charge in [0.1, 0.15) is 0 Å². The summed E-state index contributed by atoms with van der Waals surface area (Å²) in [6.07, 6.45) is 3.19. The van der Waals surface area contributed by atoms with Crippen LogP contribution in [0.1, 0.15) is 58.6 Å². The van der Waals surface area contributed by atoms with Crippen molar-refractivity contribution in [3.8, 4) is 5.75 Å². The van der Waals surface area contributed by atoms with Gasteiger partial charge >= 0.3 is 0 Å². The Kier molecular flexibility index (Phi) is 6.85. The Morgan fingerprint density at radius 1 is 1.11 bits per heavy atom. The van der Waals surface area contributed by atoms with Gasteiger partial charge in [0.2, 0.25) is 0 Å². The van der Waals surface area contributed by atoms with Crippen molar-refractivity contribution in [2.75, 3.05) is 6.61 Å². The molecular formula is C16H26FNO. The first kappa shape index (κ1) is 16.0. The van der Waals surface area contributed by atoms with Crippen LogP contribution in [-0.4, -0.2) is 12.6 Å². The van der Waals surface area contributed by atoms with Gasteiger partial charge in [-0.3, -0.25) is 0 Å². The van der Waals surface area contributed by atoms with Crippen molar-refractivity contribution in [3.05, 3.63) is 29.6 Å². The van der Waals surface area contributed by atoms with Gasteiger partial charge in [-0.15, -0.1) is 0 Å². The number of ether oxygens (including phenoxy) is 1. The predicted molar refractivity (Wildman–Crippen MR) is 78.1 cm³/mol. The zero-order chi connectivity index (χ0) is 14.3. The van der Waals surface area contributed by atoms with Crippen LogP contribution in [0.15, 0.2) is 18.2 Å². The molecule has 0 amide bonds. The highest BCUT2D eigenvalue weighted by Crippen LogP contribution is 2.25. The molecule has 0 aromatic heterocycles. The van der Waals surface area contributed by atoms with Gasteiger partial charge in [-0.1, -0.05) is 26.8 Å². The zero-order valence-corrected chi connectivity index (χ0v) is 12.5. The highest BCUT2D eigenvalue weighted by Gasteiger charge is 2.15. The Bertz CT molecular complexity index is 377. The standard InChI is InChI=1S/C16H26FNO/c1-5-13(6-2)18-15(7-3)12-9-10-14(17)16(11-12)19-8-4/h9-11,13,15,18H,5-8H2,1-4H3. The molecule has 0 aliphatic carbocycles. The summed E-state index contributed by atoms with van der Waals surface area (Å²) in [7, 11) is 0. The lowest BCUT2D eigenvalue weighted by Gasteiger charge is -2.24. The number of halogens is 1. The average Bonchev–Trinajstić information content (AvgIpc) is 2.43. The summed E-state index contributed by atoms with van der Waals surface area (Å²) >= 11 is 0. The van der Waals surface area contributed by atoms with Crippen molar-refractivity contribution in [1.82, 2.24) is 5.32 Å². The van der Waals surface area contributed by atoms with Crippen molar-refractivity contribution in [2.24, 2.45) is 0 Å². The number of benzene rings is 1. The molecule has 1 N–H and O–H groups in total. The lowest BCUT2D eigenvalue weighted by atomic mass is 10.0. The Morgan fingerprint density at radius 2 is 1.79 bits per heavy atom. The van der Waals surface area contributed by atoms with Crippen molar-refractivity contribution < 1.29 is 9.13 Å². The number of rotatable bonds is 8. The van der Waals surface area contributed by atoms with E-state index in [4.69, 9.17) is 4.74 Å². The fourth-order valence-electron chi connectivity index (χ4n) is 2.26. The summed E-state index contributed by atoms with van der Waals surface area (Å²) in [4.78, 5) is 0. The van der Waals surface area contributed by atoms with E-state index in [0.29, 0.717) is 18.4 Å². The molecule has 0 aliphatic rings. The minimum absolute atomic E-state index is 0.254. The van der Waals surface area contributed by atoms with E-state index in [-0.39, 0.29) is 11.9 Å². The summed E-state index contributed by atoms with van der Waals surface area (Å²) < 4.78 is 18.9. The summed E-state index contributed by atoms with van der Waals surface area (Å²) in [6.45, 7) is 8.86. The van der Waals surface area contributed by atoms with E-state index < -0.39 is 0 Å². The maximum Gasteiger partial charge on any atom is 0.165 e. The van der Waals surface area contributed by atoms with Gasteiger partial charge in [-0.05, 0) is 43.9 Å². The van der Waals surface area contributed by atoms with E-state index in [1.54, 1.807) is 0 Å². The minimum atomic E-state index is -0.289. The van der Waals surface area contributed by atoms with E-state index in [0.717, 1.165) is 24.8 Å². The molecule has 1 aromatic carbocycles. The monoisotopic (exact) mass is 267 g/mol. The summed E-state index contributed by atoms with van der Waals surface area (Å²) in [5.41, 5.74) is 1.10. The highest BCUT2D eigenvalue weighted by atomic mass is 19.1. The summed E-state index contributed by atoms with van der Waals surface area (Å²) in [5.74, 6) is 0.0628. The Hall–Kier alpha value is -1.09. The summed E-state index contributed by atoms with van der Waals surface area (Å²) in [5, 5.41) is 3.63. The third-order valence-corrected chi connectivity index (χ3v) is 3.49. The maximum absolute atomic E-state index is 13.6. The molecule has 108 valence electrons. The van der Waals surface area contributed by atoms with Crippen LogP contribution in [0.25, 0.3) is 0 Å². The van der Waals surface area contributed by atoms with Crippen LogP contribution in [0.2, 0.25) is 0 Å². The lowest BCUT2D eigenvalue weighted by molar-refractivity contribution is 0.320. The van der Waals surface area contributed by atoms with Gasteiger partial charge in [0, 0.05) is 12.1 Å². The molecule has 0 bridgehead atoms. The topological polar surface area (TPSA) is 21.3 Å². The molecule has 1 aromatic rings. The summed E-state index contributed by atoms with van der Waals surface area (Å²) in [6, 6.07) is 5.93. The molecule has 1 unspecified atom stereocenters. The van der Waals surface area contributed by atoms with E-state index in [1.165, 1.54) is 6.07 Å². The molecule has 3 heteroatoms. The van der Waals surface area contributed by atoms with Gasteiger partial charge in [0.25, 0.3) is 0 Å². The van der Waals surface area contributed by atoms with Gasteiger partial charge in [0.15, 0.2) is 11.6 Å². The fraction of sp³-hybridized carbons (Fsp3) is 0.625. The van der Waals surface area contributed by atoms with Gasteiger partial charge < -0.3 is 10.1 Å².